The molecular weight excluding hydrogens is 599 g/mol. The molecule has 2 aromatic carbocycles. The standard InChI is InChI=1S/C33H41N3O6S2/c1-23-30(42-21-29(37)35-26-13-7-4-8-14-26)32(33(38)41-2)43-31(23)25-12-9-15-28(20-25)34-27-16-18-36(19-17-27)44(39,40)22-24-10-5-3-6-11-24/h3,5-6,9-12,15,20,26-27,34H,4,7-8,13-14,16-19,21-22H2,1-2H3,(H,35,37). The summed E-state index contributed by atoms with van der Waals surface area (Å²) in [6, 6.07) is 17.5. The van der Waals surface area contributed by atoms with Crippen LogP contribution in [-0.2, 0) is 25.3 Å². The molecule has 44 heavy (non-hydrogen) atoms. The largest absolute Gasteiger partial charge is 0.482 e. The monoisotopic (exact) mass is 639 g/mol. The molecule has 9 nitrogen and oxygen atoms in total. The molecule has 1 amide bonds. The van der Waals surface area contributed by atoms with E-state index in [1.165, 1.54) is 24.9 Å². The summed E-state index contributed by atoms with van der Waals surface area (Å²) in [4.78, 5) is 26.5. The molecule has 11 heteroatoms. The fraction of sp³-hybridized carbons (Fsp3) is 0.455. The Morgan fingerprint density at radius 3 is 2.39 bits per heavy atom. The second-order valence-corrected chi connectivity index (χ2v) is 14.5. The lowest BCUT2D eigenvalue weighted by Crippen LogP contribution is -2.42. The number of rotatable bonds is 11. The van der Waals surface area contributed by atoms with Crippen molar-refractivity contribution in [3.8, 4) is 16.2 Å². The van der Waals surface area contributed by atoms with Crippen molar-refractivity contribution in [3.63, 3.8) is 0 Å². The van der Waals surface area contributed by atoms with Gasteiger partial charge in [0, 0.05) is 41.3 Å². The molecule has 1 aromatic heterocycles. The van der Waals surface area contributed by atoms with Gasteiger partial charge in [0.05, 0.1) is 12.9 Å². The van der Waals surface area contributed by atoms with Gasteiger partial charge in [-0.15, -0.1) is 11.3 Å². The van der Waals surface area contributed by atoms with Crippen LogP contribution in [0.25, 0.3) is 10.4 Å². The molecule has 0 atom stereocenters. The van der Waals surface area contributed by atoms with Gasteiger partial charge in [0.2, 0.25) is 10.0 Å². The van der Waals surface area contributed by atoms with E-state index in [2.05, 4.69) is 10.6 Å². The van der Waals surface area contributed by atoms with Crippen molar-refractivity contribution < 1.29 is 27.5 Å². The van der Waals surface area contributed by atoms with Crippen LogP contribution in [0.1, 0.15) is 65.7 Å². The van der Waals surface area contributed by atoms with Crippen LogP contribution < -0.4 is 15.4 Å². The SMILES string of the molecule is COC(=O)c1sc(-c2cccc(NC3CCN(S(=O)(=O)Cc4ccccc4)CC3)c2)c(C)c1OCC(=O)NC1CCCCC1. The Bertz CT molecular complexity index is 1540. The molecule has 0 spiro atoms. The maximum absolute atomic E-state index is 13.0. The molecule has 2 heterocycles. The van der Waals surface area contributed by atoms with Crippen molar-refractivity contribution >= 4 is 38.9 Å². The number of hydrogen-bond acceptors (Lipinski definition) is 8. The van der Waals surface area contributed by atoms with Crippen LogP contribution in [0.5, 0.6) is 5.75 Å². The van der Waals surface area contributed by atoms with Crippen LogP contribution in [0.2, 0.25) is 0 Å². The number of piperidine rings is 1. The Labute approximate surface area is 264 Å². The minimum absolute atomic E-state index is 0.0125. The molecule has 0 unspecified atom stereocenters. The van der Waals surface area contributed by atoms with Crippen molar-refractivity contribution in [2.24, 2.45) is 0 Å². The first-order chi connectivity index (χ1) is 21.2. The van der Waals surface area contributed by atoms with Gasteiger partial charge in [-0.25, -0.2) is 17.5 Å². The molecule has 1 aliphatic carbocycles. The van der Waals surface area contributed by atoms with Crippen LogP contribution in [-0.4, -0.2) is 63.5 Å². The van der Waals surface area contributed by atoms with Gasteiger partial charge >= 0.3 is 5.97 Å². The summed E-state index contributed by atoms with van der Waals surface area (Å²) >= 11 is 1.29. The molecule has 2 fully saturated rings. The molecule has 2 N–H and O–H groups in total. The lowest BCUT2D eigenvalue weighted by Gasteiger charge is -2.32. The Hall–Kier alpha value is -3.41. The molecule has 5 rings (SSSR count). The summed E-state index contributed by atoms with van der Waals surface area (Å²) in [5.74, 6) is -0.308. The molecular formula is C33H41N3O6S2. The van der Waals surface area contributed by atoms with Crippen molar-refractivity contribution in [1.29, 1.82) is 0 Å². The molecule has 2 aliphatic rings. The van der Waals surface area contributed by atoms with Crippen molar-refractivity contribution in [3.05, 3.63) is 70.6 Å². The normalized spacial score (nSPS) is 16.8. The average molecular weight is 640 g/mol. The van der Waals surface area contributed by atoms with Gasteiger partial charge in [0.25, 0.3) is 5.91 Å². The van der Waals surface area contributed by atoms with E-state index >= 15 is 0 Å². The summed E-state index contributed by atoms with van der Waals surface area (Å²) < 4.78 is 38.5. The lowest BCUT2D eigenvalue weighted by molar-refractivity contribution is -0.124. The number of amides is 1. The molecule has 0 radical (unpaired) electrons. The van der Waals surface area contributed by atoms with E-state index in [1.54, 1.807) is 4.31 Å². The number of ether oxygens (including phenoxy) is 2. The van der Waals surface area contributed by atoms with E-state index in [1.807, 2.05) is 61.5 Å². The highest BCUT2D eigenvalue weighted by molar-refractivity contribution is 7.88. The Morgan fingerprint density at radius 2 is 1.68 bits per heavy atom. The van der Waals surface area contributed by atoms with Crippen LogP contribution in [0.15, 0.2) is 54.6 Å². The second kappa shape index (κ2) is 14.6. The van der Waals surface area contributed by atoms with Crippen LogP contribution in [0.4, 0.5) is 5.69 Å². The van der Waals surface area contributed by atoms with Gasteiger partial charge < -0.3 is 20.1 Å². The van der Waals surface area contributed by atoms with Gasteiger partial charge in [-0.2, -0.15) is 0 Å². The van der Waals surface area contributed by atoms with E-state index in [0.717, 1.165) is 52.9 Å². The zero-order valence-electron chi connectivity index (χ0n) is 25.3. The third-order valence-electron chi connectivity index (χ3n) is 8.31. The molecule has 3 aromatic rings. The highest BCUT2D eigenvalue weighted by Gasteiger charge is 2.29. The highest BCUT2D eigenvalue weighted by Crippen LogP contribution is 2.42. The molecule has 1 aliphatic heterocycles. The van der Waals surface area contributed by atoms with Crippen LogP contribution >= 0.6 is 11.3 Å². The minimum atomic E-state index is -3.38. The fourth-order valence-electron chi connectivity index (χ4n) is 5.97. The Balaban J connectivity index is 1.23. The predicted octanol–water partition coefficient (Wildman–Crippen LogP) is 5.74. The summed E-state index contributed by atoms with van der Waals surface area (Å²) in [5, 5.41) is 6.63. The number of benzene rings is 2. The summed E-state index contributed by atoms with van der Waals surface area (Å²) in [6.45, 7) is 2.65. The van der Waals surface area contributed by atoms with E-state index in [0.29, 0.717) is 36.6 Å². The maximum atomic E-state index is 13.0. The first-order valence-corrected chi connectivity index (χ1v) is 17.7. The topological polar surface area (TPSA) is 114 Å². The average Bonchev–Trinajstić information content (AvgIpc) is 3.36. The summed E-state index contributed by atoms with van der Waals surface area (Å²) in [6.07, 6.45) is 6.81. The summed E-state index contributed by atoms with van der Waals surface area (Å²) in [5.41, 5.74) is 3.39. The number of hydrogen-bond donors (Lipinski definition) is 2. The first-order valence-electron chi connectivity index (χ1n) is 15.3. The Morgan fingerprint density at radius 1 is 0.955 bits per heavy atom. The van der Waals surface area contributed by atoms with E-state index < -0.39 is 16.0 Å². The Kier molecular flexibility index (Phi) is 10.6. The van der Waals surface area contributed by atoms with Crippen LogP contribution in [0, 0.1) is 6.92 Å². The number of sulfonamides is 1. The number of anilines is 1. The number of nitrogens with one attached hydrogen (secondary N) is 2. The third kappa shape index (κ3) is 7.99. The van der Waals surface area contributed by atoms with E-state index in [4.69, 9.17) is 9.47 Å². The van der Waals surface area contributed by atoms with E-state index in [-0.39, 0.29) is 30.4 Å². The third-order valence-corrected chi connectivity index (χ3v) is 11.5. The zero-order chi connectivity index (χ0) is 31.1. The van der Waals surface area contributed by atoms with Crippen LogP contribution in [0.3, 0.4) is 0 Å². The predicted molar refractivity (Wildman–Crippen MR) is 174 cm³/mol. The first kappa shape index (κ1) is 32.0. The van der Waals surface area contributed by atoms with E-state index in [9.17, 15) is 18.0 Å². The highest BCUT2D eigenvalue weighted by atomic mass is 32.2. The van der Waals surface area contributed by atoms with Gasteiger partial charge in [-0.05, 0) is 55.9 Å². The number of carbonyl (C=O) groups is 2. The van der Waals surface area contributed by atoms with Crippen molar-refractivity contribution in [2.45, 2.75) is 69.7 Å². The number of esters is 1. The molecule has 1 saturated heterocycles. The second-order valence-electron chi connectivity index (χ2n) is 11.5. The number of carbonyl (C=O) groups excluding carboxylic acids is 2. The van der Waals surface area contributed by atoms with Gasteiger partial charge in [0.1, 0.15) is 5.75 Å². The minimum Gasteiger partial charge on any atom is -0.482 e. The quantitative estimate of drug-likeness (QED) is 0.257. The van der Waals surface area contributed by atoms with Gasteiger partial charge in [-0.1, -0.05) is 61.7 Å². The smallest absolute Gasteiger partial charge is 0.351 e. The summed E-state index contributed by atoms with van der Waals surface area (Å²) in [7, 11) is -2.04. The van der Waals surface area contributed by atoms with Crippen molar-refractivity contribution in [1.82, 2.24) is 9.62 Å². The zero-order valence-corrected chi connectivity index (χ0v) is 27.0. The number of thiophene rings is 1. The number of nitrogens with zero attached hydrogens (tertiary/aromatic N) is 1. The van der Waals surface area contributed by atoms with Crippen molar-refractivity contribution in [2.75, 3.05) is 32.1 Å². The number of methoxy groups -OCH3 is 1. The van der Waals surface area contributed by atoms with Gasteiger partial charge in [-0.3, -0.25) is 4.79 Å². The van der Waals surface area contributed by atoms with Gasteiger partial charge in [0.15, 0.2) is 11.5 Å². The molecule has 0 bridgehead atoms. The molecule has 236 valence electrons. The molecule has 1 saturated carbocycles. The fourth-order valence-corrected chi connectivity index (χ4v) is 8.70. The maximum Gasteiger partial charge on any atom is 0.351 e. The lowest BCUT2D eigenvalue weighted by atomic mass is 9.95.